The van der Waals surface area contributed by atoms with Gasteiger partial charge in [0.25, 0.3) is 0 Å². The second-order valence-electron chi connectivity index (χ2n) is 4.46. The number of benzene rings is 1. The third-order valence-electron chi connectivity index (χ3n) is 3.28. The Balaban J connectivity index is 2.16. The molecule has 0 unspecified atom stereocenters. The number of pyridine rings is 1. The van der Waals surface area contributed by atoms with E-state index >= 15 is 0 Å². The summed E-state index contributed by atoms with van der Waals surface area (Å²) in [6.07, 6.45) is 3.78. The number of hydrogen-bond donors (Lipinski definition) is 1. The second kappa shape index (κ2) is 5.25. The van der Waals surface area contributed by atoms with Crippen molar-refractivity contribution in [1.82, 2.24) is 9.38 Å². The largest absolute Gasteiger partial charge is 0.494 e. The van der Waals surface area contributed by atoms with Crippen molar-refractivity contribution in [2.75, 3.05) is 19.0 Å². The van der Waals surface area contributed by atoms with Crippen molar-refractivity contribution in [2.24, 2.45) is 0 Å². The van der Waals surface area contributed by atoms with Crippen molar-refractivity contribution in [3.8, 4) is 17.0 Å². The maximum Gasteiger partial charge on any atom is 0.137 e. The molecule has 0 spiro atoms. The van der Waals surface area contributed by atoms with E-state index in [1.165, 1.54) is 0 Å². The molecule has 0 aliphatic heterocycles. The number of imidazole rings is 1. The van der Waals surface area contributed by atoms with Crippen molar-refractivity contribution in [3.63, 3.8) is 0 Å². The molecule has 1 aromatic carbocycles. The average molecular weight is 267 g/mol. The van der Waals surface area contributed by atoms with Crippen molar-refractivity contribution < 1.29 is 4.74 Å². The molecule has 0 amide bonds. The maximum absolute atomic E-state index is 5.55. The number of rotatable bonds is 4. The molecule has 4 heteroatoms. The topological polar surface area (TPSA) is 38.6 Å². The van der Waals surface area contributed by atoms with Gasteiger partial charge in [-0.2, -0.15) is 0 Å². The summed E-state index contributed by atoms with van der Waals surface area (Å²) < 4.78 is 7.63. The molecule has 20 heavy (non-hydrogen) atoms. The van der Waals surface area contributed by atoms with E-state index in [0.717, 1.165) is 28.3 Å². The Bertz CT molecular complexity index is 733. The van der Waals surface area contributed by atoms with Crippen LogP contribution in [0.2, 0.25) is 0 Å². The van der Waals surface area contributed by atoms with Gasteiger partial charge in [-0.05, 0) is 31.2 Å². The van der Waals surface area contributed by atoms with E-state index in [1.54, 1.807) is 0 Å². The highest BCUT2D eigenvalue weighted by Crippen LogP contribution is 2.31. The van der Waals surface area contributed by atoms with Crippen LogP contribution in [0.1, 0.15) is 6.92 Å². The molecule has 0 fully saturated rings. The predicted octanol–water partition coefficient (Wildman–Crippen LogP) is 3.44. The number of nitrogens with zero attached hydrogens (tertiary/aromatic N) is 2. The van der Waals surface area contributed by atoms with Crippen molar-refractivity contribution in [3.05, 3.63) is 48.8 Å². The molecule has 0 saturated heterocycles. The van der Waals surface area contributed by atoms with E-state index in [9.17, 15) is 0 Å². The van der Waals surface area contributed by atoms with E-state index in [2.05, 4.69) is 26.8 Å². The summed E-state index contributed by atoms with van der Waals surface area (Å²) in [6, 6.07) is 12.2. The Morgan fingerprint density at radius 2 is 2.15 bits per heavy atom. The number of nitrogens with one attached hydrogen (secondary N) is 1. The van der Waals surface area contributed by atoms with E-state index in [1.807, 2.05) is 50.6 Å². The fourth-order valence-electron chi connectivity index (χ4n) is 2.38. The molecular weight excluding hydrogens is 250 g/mol. The van der Waals surface area contributed by atoms with Crippen LogP contribution in [0.5, 0.6) is 5.75 Å². The zero-order chi connectivity index (χ0) is 13.9. The Morgan fingerprint density at radius 3 is 2.95 bits per heavy atom. The van der Waals surface area contributed by atoms with E-state index in [-0.39, 0.29) is 0 Å². The van der Waals surface area contributed by atoms with Crippen LogP contribution in [-0.4, -0.2) is 23.0 Å². The van der Waals surface area contributed by atoms with E-state index < -0.39 is 0 Å². The van der Waals surface area contributed by atoms with Gasteiger partial charge in [0.05, 0.1) is 12.3 Å². The zero-order valence-electron chi connectivity index (χ0n) is 11.6. The minimum absolute atomic E-state index is 0.666. The summed E-state index contributed by atoms with van der Waals surface area (Å²) in [6.45, 7) is 2.65. The van der Waals surface area contributed by atoms with Crippen LogP contribution in [-0.2, 0) is 0 Å². The molecule has 0 radical (unpaired) electrons. The quantitative estimate of drug-likeness (QED) is 0.787. The SMILES string of the molecule is CCOc1ccc(-c2cccc3nccn23)c(NC)c1. The van der Waals surface area contributed by atoms with Crippen molar-refractivity contribution >= 4 is 11.3 Å². The van der Waals surface area contributed by atoms with E-state index in [0.29, 0.717) is 6.61 Å². The van der Waals surface area contributed by atoms with E-state index in [4.69, 9.17) is 4.74 Å². The molecule has 3 aromatic rings. The number of aromatic nitrogens is 2. The molecule has 0 aliphatic carbocycles. The third-order valence-corrected chi connectivity index (χ3v) is 3.28. The Morgan fingerprint density at radius 1 is 1.25 bits per heavy atom. The van der Waals surface area contributed by atoms with Gasteiger partial charge in [-0.25, -0.2) is 4.98 Å². The monoisotopic (exact) mass is 267 g/mol. The van der Waals surface area contributed by atoms with Gasteiger partial charge in [0.15, 0.2) is 0 Å². The minimum Gasteiger partial charge on any atom is -0.494 e. The average Bonchev–Trinajstić information content (AvgIpc) is 2.96. The smallest absolute Gasteiger partial charge is 0.137 e. The molecule has 1 N–H and O–H groups in total. The van der Waals surface area contributed by atoms with Crippen molar-refractivity contribution in [1.29, 1.82) is 0 Å². The van der Waals surface area contributed by atoms with Gasteiger partial charge < -0.3 is 10.1 Å². The molecule has 0 aliphatic rings. The summed E-state index contributed by atoms with van der Waals surface area (Å²) in [5.74, 6) is 0.874. The van der Waals surface area contributed by atoms with Crippen LogP contribution >= 0.6 is 0 Å². The standard InChI is InChI=1S/C16H17N3O/c1-3-20-12-7-8-13(14(11-12)17-2)15-5-4-6-16-18-9-10-19(15)16/h4-11,17H,3H2,1-2H3. The summed E-state index contributed by atoms with van der Waals surface area (Å²) in [5.41, 5.74) is 4.21. The normalized spacial score (nSPS) is 10.7. The molecule has 3 rings (SSSR count). The van der Waals surface area contributed by atoms with Crippen molar-refractivity contribution in [2.45, 2.75) is 6.92 Å². The molecule has 4 nitrogen and oxygen atoms in total. The van der Waals surface area contributed by atoms with Gasteiger partial charge in [0, 0.05) is 36.8 Å². The zero-order valence-corrected chi connectivity index (χ0v) is 11.6. The second-order valence-corrected chi connectivity index (χ2v) is 4.46. The van der Waals surface area contributed by atoms with Gasteiger partial charge in [-0.1, -0.05) is 6.07 Å². The summed E-state index contributed by atoms with van der Waals surface area (Å²) in [4.78, 5) is 4.33. The van der Waals surface area contributed by atoms with Crippen LogP contribution in [0.4, 0.5) is 5.69 Å². The lowest BCUT2D eigenvalue weighted by Crippen LogP contribution is -1.98. The fraction of sp³-hybridized carbons (Fsp3) is 0.188. The lowest BCUT2D eigenvalue weighted by Gasteiger charge is -2.13. The number of ether oxygens (including phenoxy) is 1. The highest BCUT2D eigenvalue weighted by Gasteiger charge is 2.09. The molecular formula is C16H17N3O. The Hall–Kier alpha value is -2.49. The molecule has 0 bridgehead atoms. The summed E-state index contributed by atoms with van der Waals surface area (Å²) >= 11 is 0. The highest BCUT2D eigenvalue weighted by molar-refractivity contribution is 5.78. The fourth-order valence-corrected chi connectivity index (χ4v) is 2.38. The molecule has 2 aromatic heterocycles. The highest BCUT2D eigenvalue weighted by atomic mass is 16.5. The molecule has 102 valence electrons. The molecule has 2 heterocycles. The van der Waals surface area contributed by atoms with Crippen LogP contribution in [0.25, 0.3) is 16.9 Å². The first-order valence-electron chi connectivity index (χ1n) is 6.70. The van der Waals surface area contributed by atoms with Gasteiger partial charge in [-0.15, -0.1) is 0 Å². The minimum atomic E-state index is 0.666. The number of hydrogen-bond acceptors (Lipinski definition) is 3. The maximum atomic E-state index is 5.55. The van der Waals surface area contributed by atoms with Crippen LogP contribution in [0, 0.1) is 0 Å². The first-order valence-corrected chi connectivity index (χ1v) is 6.70. The summed E-state index contributed by atoms with van der Waals surface area (Å²) in [7, 11) is 1.92. The van der Waals surface area contributed by atoms with Crippen LogP contribution < -0.4 is 10.1 Å². The number of fused-ring (bicyclic) bond motifs is 1. The summed E-state index contributed by atoms with van der Waals surface area (Å²) in [5, 5.41) is 3.24. The van der Waals surface area contributed by atoms with Gasteiger partial charge in [-0.3, -0.25) is 4.40 Å². The first kappa shape index (κ1) is 12.5. The predicted molar refractivity (Wildman–Crippen MR) is 81.3 cm³/mol. The van der Waals surface area contributed by atoms with Gasteiger partial charge >= 0.3 is 0 Å². The van der Waals surface area contributed by atoms with Crippen LogP contribution in [0.3, 0.4) is 0 Å². The third kappa shape index (κ3) is 2.09. The van der Waals surface area contributed by atoms with Gasteiger partial charge in [0.1, 0.15) is 11.4 Å². The Kier molecular flexibility index (Phi) is 3.29. The lowest BCUT2D eigenvalue weighted by atomic mass is 10.1. The molecule has 0 saturated carbocycles. The van der Waals surface area contributed by atoms with Gasteiger partial charge in [0.2, 0.25) is 0 Å². The lowest BCUT2D eigenvalue weighted by molar-refractivity contribution is 0.340. The first-order chi connectivity index (χ1) is 9.83. The van der Waals surface area contributed by atoms with Crippen LogP contribution in [0.15, 0.2) is 48.8 Å². The Labute approximate surface area is 118 Å². The number of anilines is 1. The molecule has 0 atom stereocenters.